The summed E-state index contributed by atoms with van der Waals surface area (Å²) in [7, 11) is -3.25. The van der Waals surface area contributed by atoms with Crippen LogP contribution in [-0.4, -0.2) is 40.0 Å². The van der Waals surface area contributed by atoms with E-state index in [1.807, 2.05) is 0 Å². The molecule has 0 saturated carbocycles. The van der Waals surface area contributed by atoms with Crippen molar-refractivity contribution in [3.05, 3.63) is 12.2 Å². The molecule has 0 radical (unpaired) electrons. The number of sulfone groups is 1. The van der Waals surface area contributed by atoms with Gasteiger partial charge in [0.25, 0.3) is 0 Å². The van der Waals surface area contributed by atoms with E-state index in [4.69, 9.17) is 4.52 Å². The fraction of sp³-hybridized carbons (Fsp3) is 0.429. The molecule has 2 heterocycles. The summed E-state index contributed by atoms with van der Waals surface area (Å²) in [5.74, 6) is 0.549. The van der Waals surface area contributed by atoms with Gasteiger partial charge in [-0.3, -0.25) is 5.10 Å². The first kappa shape index (κ1) is 10.7. The summed E-state index contributed by atoms with van der Waals surface area (Å²) in [5.41, 5.74) is 0. The van der Waals surface area contributed by atoms with Crippen LogP contribution in [0.2, 0.25) is 0 Å². The lowest BCUT2D eigenvalue weighted by Gasteiger charge is -2.01. The Morgan fingerprint density at radius 1 is 1.50 bits per heavy atom. The molecular weight excluding hydrogens is 234 g/mol. The van der Waals surface area contributed by atoms with Crippen LogP contribution in [0.5, 0.6) is 0 Å². The Labute approximate surface area is 91.0 Å². The Hall–Kier alpha value is -1.77. The van der Waals surface area contributed by atoms with Gasteiger partial charge in [0.2, 0.25) is 11.7 Å². The molecule has 0 bridgehead atoms. The normalized spacial score (nSPS) is 13.9. The van der Waals surface area contributed by atoms with E-state index < -0.39 is 15.1 Å². The van der Waals surface area contributed by atoms with Crippen LogP contribution in [0, 0.1) is 0 Å². The molecule has 0 fully saturated rings. The maximum absolute atomic E-state index is 11.3. The van der Waals surface area contributed by atoms with Crippen molar-refractivity contribution < 1.29 is 12.9 Å². The van der Waals surface area contributed by atoms with Gasteiger partial charge in [-0.25, -0.2) is 13.4 Å². The average molecular weight is 243 g/mol. The van der Waals surface area contributed by atoms with E-state index in [0.29, 0.717) is 5.82 Å². The zero-order chi connectivity index (χ0) is 11.8. The summed E-state index contributed by atoms with van der Waals surface area (Å²) in [6, 6.07) is 0. The standard InChI is InChI=1S/C7H9N5O3S/c1-4(16(2,13)14)7-10-6(12-15-7)5-8-3-9-11-5/h3-4H,1-2H3,(H,8,9,11). The van der Waals surface area contributed by atoms with E-state index in [9.17, 15) is 8.42 Å². The van der Waals surface area contributed by atoms with Crippen LogP contribution in [0.4, 0.5) is 0 Å². The molecule has 2 rings (SSSR count). The lowest BCUT2D eigenvalue weighted by molar-refractivity contribution is 0.377. The van der Waals surface area contributed by atoms with Gasteiger partial charge in [-0.1, -0.05) is 5.16 Å². The lowest BCUT2D eigenvalue weighted by atomic mass is 10.5. The molecule has 1 unspecified atom stereocenters. The van der Waals surface area contributed by atoms with Crippen molar-refractivity contribution in [3.63, 3.8) is 0 Å². The van der Waals surface area contributed by atoms with Crippen molar-refractivity contribution in [3.8, 4) is 11.6 Å². The van der Waals surface area contributed by atoms with Gasteiger partial charge in [-0.15, -0.1) is 0 Å². The number of aromatic amines is 1. The van der Waals surface area contributed by atoms with Gasteiger partial charge >= 0.3 is 0 Å². The topological polar surface area (TPSA) is 115 Å². The van der Waals surface area contributed by atoms with Gasteiger partial charge in [0.05, 0.1) is 0 Å². The zero-order valence-corrected chi connectivity index (χ0v) is 9.39. The van der Waals surface area contributed by atoms with Gasteiger partial charge < -0.3 is 4.52 Å². The summed E-state index contributed by atoms with van der Waals surface area (Å²) in [5, 5.41) is 8.95. The minimum absolute atomic E-state index is 0.0360. The third-order valence-electron chi connectivity index (χ3n) is 2.06. The molecule has 0 aliphatic heterocycles. The van der Waals surface area contributed by atoms with Crippen LogP contribution in [0.25, 0.3) is 11.6 Å². The van der Waals surface area contributed by atoms with E-state index >= 15 is 0 Å². The second-order valence-electron chi connectivity index (χ2n) is 3.26. The Bertz CT molecular complexity index is 573. The molecule has 0 aliphatic rings. The highest BCUT2D eigenvalue weighted by molar-refractivity contribution is 7.90. The molecule has 0 saturated heterocycles. The molecule has 16 heavy (non-hydrogen) atoms. The molecule has 86 valence electrons. The molecular formula is C7H9N5O3S. The van der Waals surface area contributed by atoms with Gasteiger partial charge in [-0.05, 0) is 6.92 Å². The van der Waals surface area contributed by atoms with Gasteiger partial charge in [0.1, 0.15) is 11.6 Å². The molecule has 1 N–H and O–H groups in total. The van der Waals surface area contributed by atoms with Crippen LogP contribution in [0.1, 0.15) is 18.1 Å². The first-order valence-corrected chi connectivity index (χ1v) is 6.32. The summed E-state index contributed by atoms with van der Waals surface area (Å²) < 4.78 is 27.4. The van der Waals surface area contributed by atoms with Crippen molar-refractivity contribution in [2.45, 2.75) is 12.2 Å². The van der Waals surface area contributed by atoms with E-state index in [-0.39, 0.29) is 11.7 Å². The van der Waals surface area contributed by atoms with E-state index in [1.165, 1.54) is 13.3 Å². The Morgan fingerprint density at radius 2 is 2.25 bits per heavy atom. The van der Waals surface area contributed by atoms with E-state index in [0.717, 1.165) is 6.26 Å². The Kier molecular flexibility index (Phi) is 2.46. The summed E-state index contributed by atoms with van der Waals surface area (Å²) in [6.45, 7) is 1.48. The monoisotopic (exact) mass is 243 g/mol. The molecule has 2 aromatic rings. The van der Waals surface area contributed by atoms with Crippen molar-refractivity contribution in [1.29, 1.82) is 0 Å². The number of aromatic nitrogens is 5. The summed E-state index contributed by atoms with van der Waals surface area (Å²) >= 11 is 0. The quantitative estimate of drug-likeness (QED) is 0.804. The van der Waals surface area contributed by atoms with Crippen molar-refractivity contribution in [2.24, 2.45) is 0 Å². The van der Waals surface area contributed by atoms with Gasteiger partial charge in [0, 0.05) is 6.26 Å². The predicted molar refractivity (Wildman–Crippen MR) is 52.9 cm³/mol. The van der Waals surface area contributed by atoms with Crippen molar-refractivity contribution >= 4 is 9.84 Å². The summed E-state index contributed by atoms with van der Waals surface area (Å²) in [6.07, 6.45) is 2.40. The van der Waals surface area contributed by atoms with Crippen LogP contribution < -0.4 is 0 Å². The average Bonchev–Trinajstić information content (AvgIpc) is 2.85. The van der Waals surface area contributed by atoms with Crippen LogP contribution in [0.3, 0.4) is 0 Å². The number of nitrogens with one attached hydrogen (secondary N) is 1. The molecule has 2 aromatic heterocycles. The largest absolute Gasteiger partial charge is 0.337 e. The Morgan fingerprint density at radius 3 is 2.81 bits per heavy atom. The molecule has 0 aliphatic carbocycles. The fourth-order valence-electron chi connectivity index (χ4n) is 0.993. The predicted octanol–water partition coefficient (Wildman–Crippen LogP) is -0.0397. The fourth-order valence-corrected chi connectivity index (χ4v) is 1.45. The van der Waals surface area contributed by atoms with Gasteiger partial charge in [0.15, 0.2) is 15.7 Å². The first-order valence-electron chi connectivity index (χ1n) is 4.36. The third kappa shape index (κ3) is 1.94. The van der Waals surface area contributed by atoms with Gasteiger partial charge in [-0.2, -0.15) is 10.1 Å². The van der Waals surface area contributed by atoms with Crippen molar-refractivity contribution in [2.75, 3.05) is 6.26 Å². The highest BCUT2D eigenvalue weighted by Crippen LogP contribution is 2.20. The maximum atomic E-state index is 11.3. The Balaban J connectivity index is 2.34. The highest BCUT2D eigenvalue weighted by atomic mass is 32.2. The number of H-pyrrole nitrogens is 1. The van der Waals surface area contributed by atoms with E-state index in [2.05, 4.69) is 25.3 Å². The molecule has 1 atom stereocenters. The van der Waals surface area contributed by atoms with E-state index in [1.54, 1.807) is 0 Å². The zero-order valence-electron chi connectivity index (χ0n) is 8.58. The first-order chi connectivity index (χ1) is 7.48. The molecule has 0 amide bonds. The minimum atomic E-state index is -3.25. The number of hydrogen-bond acceptors (Lipinski definition) is 7. The SMILES string of the molecule is CC(c1nc(-c2ncn[nH]2)no1)S(C)(=O)=O. The second kappa shape index (κ2) is 3.67. The molecule has 0 spiro atoms. The smallest absolute Gasteiger partial charge is 0.245 e. The number of rotatable bonds is 3. The lowest BCUT2D eigenvalue weighted by Crippen LogP contribution is -2.07. The van der Waals surface area contributed by atoms with Crippen LogP contribution in [0.15, 0.2) is 10.9 Å². The third-order valence-corrected chi connectivity index (χ3v) is 3.54. The molecule has 0 aromatic carbocycles. The van der Waals surface area contributed by atoms with Crippen molar-refractivity contribution in [1.82, 2.24) is 25.3 Å². The minimum Gasteiger partial charge on any atom is -0.337 e. The number of nitrogens with zero attached hydrogens (tertiary/aromatic N) is 4. The van der Waals surface area contributed by atoms with Crippen LogP contribution in [-0.2, 0) is 9.84 Å². The molecule has 8 nitrogen and oxygen atoms in total. The van der Waals surface area contributed by atoms with Crippen LogP contribution >= 0.6 is 0 Å². The summed E-state index contributed by atoms with van der Waals surface area (Å²) in [4.78, 5) is 7.75. The second-order valence-corrected chi connectivity index (χ2v) is 5.63. The maximum Gasteiger partial charge on any atom is 0.245 e. The number of hydrogen-bond donors (Lipinski definition) is 1. The highest BCUT2D eigenvalue weighted by Gasteiger charge is 2.24. The molecule has 9 heteroatoms.